The molecule has 1 aliphatic carbocycles. The van der Waals surface area contributed by atoms with E-state index >= 15 is 0 Å². The minimum absolute atomic E-state index is 0.121. The highest BCUT2D eigenvalue weighted by Crippen LogP contribution is 2.32. The average molecular weight is 244 g/mol. The fraction of sp³-hybridized carbons (Fsp3) is 0.529. The van der Waals surface area contributed by atoms with E-state index in [4.69, 9.17) is 5.11 Å². The van der Waals surface area contributed by atoms with E-state index in [-0.39, 0.29) is 6.61 Å². The second kappa shape index (κ2) is 6.75. The van der Waals surface area contributed by atoms with Crippen LogP contribution in [0.25, 0.3) is 5.57 Å². The van der Waals surface area contributed by atoms with Crippen molar-refractivity contribution in [3.8, 4) is 0 Å². The van der Waals surface area contributed by atoms with Crippen molar-refractivity contribution < 1.29 is 5.11 Å². The molecule has 0 radical (unpaired) electrons. The summed E-state index contributed by atoms with van der Waals surface area (Å²) in [6.45, 7) is 2.17. The van der Waals surface area contributed by atoms with E-state index in [1.807, 2.05) is 6.08 Å². The van der Waals surface area contributed by atoms with Gasteiger partial charge in [0, 0.05) is 0 Å². The molecular formula is C17H24O. The first-order valence-electron chi connectivity index (χ1n) is 7.19. The Morgan fingerprint density at radius 1 is 1.11 bits per heavy atom. The number of benzene rings is 1. The van der Waals surface area contributed by atoms with E-state index in [0.717, 1.165) is 11.5 Å². The van der Waals surface area contributed by atoms with Crippen molar-refractivity contribution in [2.24, 2.45) is 0 Å². The number of hydrogen-bond donors (Lipinski definition) is 1. The summed E-state index contributed by atoms with van der Waals surface area (Å²) < 4.78 is 0. The molecule has 1 fully saturated rings. The lowest BCUT2D eigenvalue weighted by Gasteiger charge is -2.15. The summed E-state index contributed by atoms with van der Waals surface area (Å²) >= 11 is 0. The molecule has 1 N–H and O–H groups in total. The lowest BCUT2D eigenvalue weighted by Crippen LogP contribution is -1.97. The number of aliphatic hydroxyl groups excluding tert-OH is 1. The van der Waals surface area contributed by atoms with Gasteiger partial charge < -0.3 is 5.11 Å². The van der Waals surface area contributed by atoms with E-state index in [2.05, 4.69) is 31.2 Å². The van der Waals surface area contributed by atoms with Gasteiger partial charge in [-0.3, -0.25) is 0 Å². The number of hydrogen-bond acceptors (Lipinski definition) is 1. The van der Waals surface area contributed by atoms with Gasteiger partial charge in [-0.2, -0.15) is 0 Å². The lowest BCUT2D eigenvalue weighted by molar-refractivity contribution is 0.343. The normalized spacial score (nSPS) is 18.7. The molecule has 0 bridgehead atoms. The van der Waals surface area contributed by atoms with Gasteiger partial charge in [0.1, 0.15) is 0 Å². The zero-order valence-electron chi connectivity index (χ0n) is 11.4. The molecule has 0 heterocycles. The highest BCUT2D eigenvalue weighted by Gasteiger charge is 2.13. The van der Waals surface area contributed by atoms with Gasteiger partial charge in [0.25, 0.3) is 0 Å². The Morgan fingerprint density at radius 3 is 2.28 bits per heavy atom. The molecule has 0 saturated heterocycles. The molecule has 1 nitrogen and oxygen atoms in total. The van der Waals surface area contributed by atoms with Crippen molar-refractivity contribution in [2.75, 3.05) is 6.61 Å². The molecule has 0 unspecified atom stereocenters. The SMILES string of the molecule is CC(=CCO)c1ccc(C2CCCCCC2)cc1. The molecule has 1 aromatic carbocycles. The third kappa shape index (κ3) is 3.46. The van der Waals surface area contributed by atoms with E-state index in [1.165, 1.54) is 49.7 Å². The van der Waals surface area contributed by atoms with Crippen molar-refractivity contribution >= 4 is 5.57 Å². The standard InChI is InChI=1S/C17H24O/c1-14(12-13-18)15-8-10-17(11-9-15)16-6-4-2-3-5-7-16/h8-12,16,18H,2-7,13H2,1H3. The maximum Gasteiger partial charge on any atom is 0.0618 e. The Hall–Kier alpha value is -1.08. The number of aliphatic hydroxyl groups is 1. The van der Waals surface area contributed by atoms with Crippen LogP contribution in [0.1, 0.15) is 62.5 Å². The molecule has 0 atom stereocenters. The summed E-state index contributed by atoms with van der Waals surface area (Å²) in [4.78, 5) is 0. The van der Waals surface area contributed by atoms with E-state index in [9.17, 15) is 0 Å². The van der Waals surface area contributed by atoms with Crippen molar-refractivity contribution in [1.82, 2.24) is 0 Å². The molecule has 1 saturated carbocycles. The lowest BCUT2D eigenvalue weighted by atomic mass is 9.90. The second-order valence-electron chi connectivity index (χ2n) is 5.38. The largest absolute Gasteiger partial charge is 0.392 e. The van der Waals surface area contributed by atoms with Crippen LogP contribution in [0.2, 0.25) is 0 Å². The third-order valence-corrected chi connectivity index (χ3v) is 4.09. The van der Waals surface area contributed by atoms with Gasteiger partial charge >= 0.3 is 0 Å². The van der Waals surface area contributed by atoms with Gasteiger partial charge in [0.15, 0.2) is 0 Å². The Labute approximate surface area is 111 Å². The fourth-order valence-corrected chi connectivity index (χ4v) is 2.89. The number of allylic oxidation sites excluding steroid dienone is 1. The zero-order valence-corrected chi connectivity index (χ0v) is 11.4. The monoisotopic (exact) mass is 244 g/mol. The predicted octanol–water partition coefficient (Wildman–Crippen LogP) is 4.52. The first-order chi connectivity index (χ1) is 8.81. The first-order valence-corrected chi connectivity index (χ1v) is 7.19. The Kier molecular flexibility index (Phi) is 5.00. The predicted molar refractivity (Wildman–Crippen MR) is 77.6 cm³/mol. The van der Waals surface area contributed by atoms with Gasteiger partial charge in [-0.25, -0.2) is 0 Å². The van der Waals surface area contributed by atoms with Crippen LogP contribution in [0.4, 0.5) is 0 Å². The molecule has 0 aliphatic heterocycles. The van der Waals surface area contributed by atoms with Crippen molar-refractivity contribution in [3.05, 3.63) is 41.5 Å². The molecule has 0 aromatic heterocycles. The van der Waals surface area contributed by atoms with Crippen LogP contribution in [0.5, 0.6) is 0 Å². The Morgan fingerprint density at radius 2 is 1.72 bits per heavy atom. The molecule has 1 aliphatic rings. The first kappa shape index (κ1) is 13.4. The maximum atomic E-state index is 8.91. The summed E-state index contributed by atoms with van der Waals surface area (Å²) in [5.41, 5.74) is 3.88. The van der Waals surface area contributed by atoms with Gasteiger partial charge in [-0.05, 0) is 42.4 Å². The van der Waals surface area contributed by atoms with E-state index < -0.39 is 0 Å². The molecule has 1 heteroatoms. The summed E-state index contributed by atoms with van der Waals surface area (Å²) in [6.07, 6.45) is 10.2. The van der Waals surface area contributed by atoms with Crippen LogP contribution in [-0.2, 0) is 0 Å². The Balaban J connectivity index is 2.09. The molecule has 18 heavy (non-hydrogen) atoms. The summed E-state index contributed by atoms with van der Waals surface area (Å²) in [5.74, 6) is 0.767. The minimum Gasteiger partial charge on any atom is -0.392 e. The van der Waals surface area contributed by atoms with Crippen molar-refractivity contribution in [2.45, 2.75) is 51.4 Å². The molecule has 98 valence electrons. The van der Waals surface area contributed by atoms with Gasteiger partial charge in [-0.1, -0.05) is 56.0 Å². The van der Waals surface area contributed by atoms with Crippen LogP contribution < -0.4 is 0 Å². The zero-order chi connectivity index (χ0) is 12.8. The Bertz CT molecular complexity index is 381. The fourth-order valence-electron chi connectivity index (χ4n) is 2.89. The summed E-state index contributed by atoms with van der Waals surface area (Å²) in [6, 6.07) is 8.95. The summed E-state index contributed by atoms with van der Waals surface area (Å²) in [7, 11) is 0. The van der Waals surface area contributed by atoms with Crippen molar-refractivity contribution in [1.29, 1.82) is 0 Å². The van der Waals surface area contributed by atoms with Crippen LogP contribution in [-0.4, -0.2) is 11.7 Å². The molecule has 1 aromatic rings. The van der Waals surface area contributed by atoms with Crippen LogP contribution in [0, 0.1) is 0 Å². The smallest absolute Gasteiger partial charge is 0.0618 e. The average Bonchev–Trinajstić information content (AvgIpc) is 2.68. The van der Waals surface area contributed by atoms with Crippen LogP contribution in [0.3, 0.4) is 0 Å². The molecule has 0 amide bonds. The second-order valence-corrected chi connectivity index (χ2v) is 5.38. The summed E-state index contributed by atoms with van der Waals surface area (Å²) in [5, 5.41) is 8.91. The topological polar surface area (TPSA) is 20.2 Å². The molecular weight excluding hydrogens is 220 g/mol. The molecule has 0 spiro atoms. The van der Waals surface area contributed by atoms with Gasteiger partial charge in [-0.15, -0.1) is 0 Å². The van der Waals surface area contributed by atoms with E-state index in [0.29, 0.717) is 0 Å². The highest BCUT2D eigenvalue weighted by molar-refractivity contribution is 5.63. The minimum atomic E-state index is 0.121. The quantitative estimate of drug-likeness (QED) is 0.775. The maximum absolute atomic E-state index is 8.91. The van der Waals surface area contributed by atoms with Crippen LogP contribution in [0.15, 0.2) is 30.3 Å². The van der Waals surface area contributed by atoms with Crippen LogP contribution >= 0.6 is 0 Å². The van der Waals surface area contributed by atoms with Crippen molar-refractivity contribution in [3.63, 3.8) is 0 Å². The third-order valence-electron chi connectivity index (χ3n) is 4.09. The van der Waals surface area contributed by atoms with Gasteiger partial charge in [0.05, 0.1) is 6.61 Å². The van der Waals surface area contributed by atoms with Gasteiger partial charge in [0.2, 0.25) is 0 Å². The number of rotatable bonds is 3. The van der Waals surface area contributed by atoms with E-state index in [1.54, 1.807) is 0 Å². The highest BCUT2D eigenvalue weighted by atomic mass is 16.2. The molecule has 2 rings (SSSR count).